The van der Waals surface area contributed by atoms with Crippen LogP contribution in [0.25, 0.3) is 11.3 Å². The number of carbonyl (C=O) groups is 1. The van der Waals surface area contributed by atoms with Crippen molar-refractivity contribution in [3.8, 4) is 11.3 Å². The third-order valence-electron chi connectivity index (χ3n) is 3.27. The van der Waals surface area contributed by atoms with Crippen molar-refractivity contribution in [1.82, 2.24) is 14.8 Å². The topological polar surface area (TPSA) is 47.8 Å². The van der Waals surface area contributed by atoms with Gasteiger partial charge in [0.1, 0.15) is 11.6 Å². The number of nitrogens with zero attached hydrogens (tertiary/aromatic N) is 3. The fourth-order valence-electron chi connectivity index (χ4n) is 2.32. The minimum absolute atomic E-state index is 0.231. The number of rotatable bonds is 1. The Morgan fingerprint density at radius 1 is 1.39 bits per heavy atom. The van der Waals surface area contributed by atoms with Crippen LogP contribution in [0.15, 0.2) is 18.5 Å². The van der Waals surface area contributed by atoms with E-state index >= 15 is 0 Å². The van der Waals surface area contributed by atoms with Crippen LogP contribution in [0.1, 0.15) is 17.7 Å². The highest BCUT2D eigenvalue weighted by Crippen LogP contribution is 2.27. The van der Waals surface area contributed by atoms with Crippen molar-refractivity contribution in [2.24, 2.45) is 0 Å². The molecule has 0 spiro atoms. The van der Waals surface area contributed by atoms with E-state index in [1.807, 2.05) is 11.6 Å². The van der Waals surface area contributed by atoms with E-state index in [1.54, 1.807) is 6.20 Å². The Morgan fingerprint density at radius 2 is 2.22 bits per heavy atom. The SMILES string of the molecule is Cc1c(-c2cncc(F)c2)nn2c1CC(=O)CC2. The Bertz CT molecular complexity index is 633. The molecular formula is C13H12FN3O. The van der Waals surface area contributed by atoms with Gasteiger partial charge in [-0.25, -0.2) is 4.39 Å². The number of aromatic nitrogens is 3. The molecule has 5 heteroatoms. The number of carbonyl (C=O) groups excluding carboxylic acids is 1. The first kappa shape index (κ1) is 11.1. The molecule has 0 fully saturated rings. The fourth-order valence-corrected chi connectivity index (χ4v) is 2.32. The molecule has 0 aliphatic carbocycles. The molecule has 0 radical (unpaired) electrons. The van der Waals surface area contributed by atoms with Gasteiger partial charge in [0.25, 0.3) is 0 Å². The quantitative estimate of drug-likeness (QED) is 0.771. The summed E-state index contributed by atoms with van der Waals surface area (Å²) in [5.74, 6) is -0.150. The lowest BCUT2D eigenvalue weighted by Gasteiger charge is -2.12. The van der Waals surface area contributed by atoms with Crippen LogP contribution in [0.4, 0.5) is 4.39 Å². The molecule has 0 amide bonds. The van der Waals surface area contributed by atoms with E-state index in [-0.39, 0.29) is 11.6 Å². The van der Waals surface area contributed by atoms with Gasteiger partial charge in [-0.3, -0.25) is 14.5 Å². The highest BCUT2D eigenvalue weighted by atomic mass is 19.1. The van der Waals surface area contributed by atoms with Gasteiger partial charge < -0.3 is 0 Å². The maximum atomic E-state index is 13.2. The number of halogens is 1. The van der Waals surface area contributed by atoms with Crippen molar-refractivity contribution >= 4 is 5.78 Å². The summed E-state index contributed by atoms with van der Waals surface area (Å²) in [5, 5.41) is 4.45. The predicted molar refractivity (Wildman–Crippen MR) is 63.5 cm³/mol. The van der Waals surface area contributed by atoms with Gasteiger partial charge in [0.15, 0.2) is 0 Å². The fraction of sp³-hybridized carbons (Fsp3) is 0.308. The second kappa shape index (κ2) is 4.01. The number of Topliss-reactive ketones (excluding diaryl/α,β-unsaturated/α-hetero) is 1. The number of pyridine rings is 1. The van der Waals surface area contributed by atoms with E-state index in [1.165, 1.54) is 12.3 Å². The maximum absolute atomic E-state index is 13.2. The smallest absolute Gasteiger partial charge is 0.142 e. The van der Waals surface area contributed by atoms with Gasteiger partial charge in [-0.15, -0.1) is 0 Å². The molecule has 1 aliphatic heterocycles. The van der Waals surface area contributed by atoms with Gasteiger partial charge >= 0.3 is 0 Å². The number of fused-ring (bicyclic) bond motifs is 1. The Kier molecular flexibility index (Phi) is 2.47. The molecule has 0 unspecified atom stereocenters. The third kappa shape index (κ3) is 1.72. The van der Waals surface area contributed by atoms with E-state index in [2.05, 4.69) is 10.1 Å². The van der Waals surface area contributed by atoms with Crippen LogP contribution < -0.4 is 0 Å². The van der Waals surface area contributed by atoms with E-state index in [0.29, 0.717) is 30.6 Å². The molecule has 0 bridgehead atoms. The van der Waals surface area contributed by atoms with Crippen molar-refractivity contribution in [1.29, 1.82) is 0 Å². The van der Waals surface area contributed by atoms with Crippen molar-refractivity contribution in [3.63, 3.8) is 0 Å². The van der Waals surface area contributed by atoms with Gasteiger partial charge in [0, 0.05) is 36.8 Å². The van der Waals surface area contributed by atoms with Crippen molar-refractivity contribution < 1.29 is 9.18 Å². The molecule has 92 valence electrons. The molecule has 18 heavy (non-hydrogen) atoms. The van der Waals surface area contributed by atoms with Crippen LogP contribution in [-0.4, -0.2) is 20.5 Å². The lowest BCUT2D eigenvalue weighted by molar-refractivity contribution is -0.119. The van der Waals surface area contributed by atoms with Crippen LogP contribution in [0.3, 0.4) is 0 Å². The first-order valence-corrected chi connectivity index (χ1v) is 5.84. The van der Waals surface area contributed by atoms with Gasteiger partial charge in [-0.1, -0.05) is 0 Å². The molecule has 2 aromatic heterocycles. The zero-order valence-corrected chi connectivity index (χ0v) is 9.98. The first-order chi connectivity index (χ1) is 8.65. The number of hydrogen-bond donors (Lipinski definition) is 0. The standard InChI is InChI=1S/C13H12FN3O/c1-8-12-5-11(18)2-3-17(12)16-13(8)9-4-10(14)7-15-6-9/h4,6-7H,2-3,5H2,1H3. The average Bonchev–Trinajstić information content (AvgIpc) is 2.67. The summed E-state index contributed by atoms with van der Waals surface area (Å²) in [6, 6.07) is 1.41. The summed E-state index contributed by atoms with van der Waals surface area (Å²) < 4.78 is 15.0. The van der Waals surface area contributed by atoms with Crippen LogP contribution >= 0.6 is 0 Å². The number of ketones is 1. The molecule has 3 rings (SSSR count). The molecule has 2 aromatic rings. The van der Waals surface area contributed by atoms with E-state index in [0.717, 1.165) is 11.3 Å². The molecule has 0 atom stereocenters. The molecule has 0 N–H and O–H groups in total. The molecule has 0 aromatic carbocycles. The first-order valence-electron chi connectivity index (χ1n) is 5.84. The summed E-state index contributed by atoms with van der Waals surface area (Å²) >= 11 is 0. The van der Waals surface area contributed by atoms with Crippen molar-refractivity contribution in [2.45, 2.75) is 26.3 Å². The lowest BCUT2D eigenvalue weighted by atomic mass is 10.0. The second-order valence-electron chi connectivity index (χ2n) is 4.50. The molecule has 1 aliphatic rings. The zero-order chi connectivity index (χ0) is 12.7. The summed E-state index contributed by atoms with van der Waals surface area (Å²) in [6.07, 6.45) is 3.70. The molecule has 3 heterocycles. The maximum Gasteiger partial charge on any atom is 0.142 e. The van der Waals surface area contributed by atoms with Crippen LogP contribution in [-0.2, 0) is 17.8 Å². The van der Waals surface area contributed by atoms with Crippen molar-refractivity contribution in [3.05, 3.63) is 35.5 Å². The summed E-state index contributed by atoms with van der Waals surface area (Å²) in [6.45, 7) is 2.52. The molecule has 0 saturated carbocycles. The van der Waals surface area contributed by atoms with E-state index in [9.17, 15) is 9.18 Å². The Balaban J connectivity index is 2.12. The van der Waals surface area contributed by atoms with E-state index < -0.39 is 0 Å². The minimum Gasteiger partial charge on any atom is -0.299 e. The van der Waals surface area contributed by atoms with Crippen LogP contribution in [0.5, 0.6) is 0 Å². The summed E-state index contributed by atoms with van der Waals surface area (Å²) in [5.41, 5.74) is 3.24. The molecular weight excluding hydrogens is 233 g/mol. The number of aryl methyl sites for hydroxylation is 1. The number of hydrogen-bond acceptors (Lipinski definition) is 3. The summed E-state index contributed by atoms with van der Waals surface area (Å²) in [7, 11) is 0. The highest BCUT2D eigenvalue weighted by Gasteiger charge is 2.22. The zero-order valence-electron chi connectivity index (χ0n) is 9.98. The predicted octanol–water partition coefficient (Wildman–Crippen LogP) is 1.91. The molecule has 0 saturated heterocycles. The summed E-state index contributed by atoms with van der Waals surface area (Å²) in [4.78, 5) is 15.3. The highest BCUT2D eigenvalue weighted by molar-refractivity contribution is 5.82. The monoisotopic (exact) mass is 245 g/mol. The Morgan fingerprint density at radius 3 is 3.00 bits per heavy atom. The van der Waals surface area contributed by atoms with Crippen molar-refractivity contribution in [2.75, 3.05) is 0 Å². The van der Waals surface area contributed by atoms with Crippen LogP contribution in [0.2, 0.25) is 0 Å². The third-order valence-corrected chi connectivity index (χ3v) is 3.27. The normalized spacial score (nSPS) is 14.7. The average molecular weight is 245 g/mol. The molecule has 4 nitrogen and oxygen atoms in total. The van der Waals surface area contributed by atoms with E-state index in [4.69, 9.17) is 0 Å². The lowest BCUT2D eigenvalue weighted by Crippen LogP contribution is -2.19. The largest absolute Gasteiger partial charge is 0.299 e. The Hall–Kier alpha value is -2.04. The van der Waals surface area contributed by atoms with Gasteiger partial charge in [0.05, 0.1) is 11.9 Å². The minimum atomic E-state index is -0.381. The second-order valence-corrected chi connectivity index (χ2v) is 4.50. The Labute approximate surface area is 103 Å². The van der Waals surface area contributed by atoms with Gasteiger partial charge in [0.2, 0.25) is 0 Å². The van der Waals surface area contributed by atoms with Crippen LogP contribution in [0, 0.1) is 12.7 Å². The van der Waals surface area contributed by atoms with Gasteiger partial charge in [-0.05, 0) is 18.6 Å². The van der Waals surface area contributed by atoms with Gasteiger partial charge in [-0.2, -0.15) is 5.10 Å².